The van der Waals surface area contributed by atoms with Gasteiger partial charge in [-0.25, -0.2) is 4.39 Å². The van der Waals surface area contributed by atoms with Crippen molar-refractivity contribution in [3.05, 3.63) is 70.3 Å². The Hall–Kier alpha value is -2.49. The number of allylic oxidation sites excluding steroid dienone is 1. The molecular formula is C19H19FN2O. The molecule has 1 aromatic heterocycles. The number of rotatable bonds is 1. The number of aromatic nitrogens is 1. The summed E-state index contributed by atoms with van der Waals surface area (Å²) in [7, 11) is 0. The molecule has 0 fully saturated rings. The summed E-state index contributed by atoms with van der Waals surface area (Å²) in [5.74, 6) is -0.353. The molecule has 4 heteroatoms. The molecule has 1 aliphatic heterocycles. The summed E-state index contributed by atoms with van der Waals surface area (Å²) in [6, 6.07) is 7.41. The van der Waals surface area contributed by atoms with Crippen LogP contribution in [0, 0.1) is 5.82 Å². The van der Waals surface area contributed by atoms with Crippen LogP contribution in [0.25, 0.3) is 5.57 Å². The Morgan fingerprint density at radius 2 is 2.09 bits per heavy atom. The standard InChI is InChI=1S/C19H17FN2O.H2/c1-19(2)10-22-18(23)14-4-3-11(7-16(14)19)13-5-6-17-15(13)8-12(20)9-21-17;/h3-5,7-9H,6,10H2,1-2H3,(H,22,23);1H. The van der Waals surface area contributed by atoms with Gasteiger partial charge in [-0.3, -0.25) is 9.78 Å². The van der Waals surface area contributed by atoms with E-state index in [1.54, 1.807) is 6.07 Å². The van der Waals surface area contributed by atoms with Gasteiger partial charge in [0.15, 0.2) is 0 Å². The highest BCUT2D eigenvalue weighted by Gasteiger charge is 2.32. The van der Waals surface area contributed by atoms with Crippen molar-refractivity contribution in [2.75, 3.05) is 6.54 Å². The molecule has 2 aromatic rings. The number of carbonyl (C=O) groups excluding carboxylic acids is 1. The fourth-order valence-corrected chi connectivity index (χ4v) is 3.41. The Morgan fingerprint density at radius 3 is 2.91 bits per heavy atom. The van der Waals surface area contributed by atoms with Crippen molar-refractivity contribution in [1.82, 2.24) is 10.3 Å². The maximum Gasteiger partial charge on any atom is 0.251 e. The van der Waals surface area contributed by atoms with E-state index in [1.165, 1.54) is 6.20 Å². The molecule has 4 rings (SSSR count). The Labute approximate surface area is 135 Å². The maximum atomic E-state index is 13.6. The zero-order valence-corrected chi connectivity index (χ0v) is 13.1. The summed E-state index contributed by atoms with van der Waals surface area (Å²) < 4.78 is 13.6. The van der Waals surface area contributed by atoms with Crippen LogP contribution in [0.3, 0.4) is 0 Å². The van der Waals surface area contributed by atoms with Gasteiger partial charge in [0.2, 0.25) is 0 Å². The van der Waals surface area contributed by atoms with E-state index >= 15 is 0 Å². The number of hydrogen-bond donors (Lipinski definition) is 1. The second-order valence-electron chi connectivity index (χ2n) is 6.80. The minimum Gasteiger partial charge on any atom is -0.351 e. The van der Waals surface area contributed by atoms with Crippen molar-refractivity contribution >= 4 is 11.5 Å². The number of hydrogen-bond acceptors (Lipinski definition) is 2. The van der Waals surface area contributed by atoms with E-state index < -0.39 is 0 Å². The smallest absolute Gasteiger partial charge is 0.251 e. The molecule has 118 valence electrons. The SMILES string of the molecule is CC1(C)CNC(=O)c2ccc(C3=CCc4ncc(F)cc43)cc21.[HH]. The average Bonchev–Trinajstić information content (AvgIpc) is 2.94. The number of carbonyl (C=O) groups is 1. The molecule has 1 aliphatic carbocycles. The lowest BCUT2D eigenvalue weighted by Gasteiger charge is -2.33. The van der Waals surface area contributed by atoms with Crippen molar-refractivity contribution < 1.29 is 10.6 Å². The summed E-state index contributed by atoms with van der Waals surface area (Å²) in [6.07, 6.45) is 4.05. The van der Waals surface area contributed by atoms with Gasteiger partial charge < -0.3 is 5.32 Å². The van der Waals surface area contributed by atoms with Crippen LogP contribution >= 0.6 is 0 Å². The normalized spacial score (nSPS) is 18.0. The highest BCUT2D eigenvalue weighted by molar-refractivity contribution is 5.98. The van der Waals surface area contributed by atoms with Crippen LogP contribution in [-0.2, 0) is 11.8 Å². The minimum atomic E-state index is -0.325. The average molecular weight is 310 g/mol. The first-order chi connectivity index (χ1) is 11.0. The number of nitrogens with zero attached hydrogens (tertiary/aromatic N) is 1. The topological polar surface area (TPSA) is 42.0 Å². The highest BCUT2D eigenvalue weighted by atomic mass is 19.1. The van der Waals surface area contributed by atoms with Crippen molar-refractivity contribution in [1.29, 1.82) is 0 Å². The third kappa shape index (κ3) is 2.17. The lowest BCUT2D eigenvalue weighted by atomic mass is 9.77. The molecule has 1 N–H and O–H groups in total. The molecule has 1 aromatic carbocycles. The van der Waals surface area contributed by atoms with E-state index in [-0.39, 0.29) is 18.6 Å². The molecule has 0 unspecified atom stereocenters. The first kappa shape index (κ1) is 14.1. The largest absolute Gasteiger partial charge is 0.351 e. The first-order valence-electron chi connectivity index (χ1n) is 7.74. The number of benzene rings is 1. The van der Waals surface area contributed by atoms with Crippen molar-refractivity contribution in [3.63, 3.8) is 0 Å². The van der Waals surface area contributed by atoms with Gasteiger partial charge in [-0.1, -0.05) is 26.0 Å². The molecule has 23 heavy (non-hydrogen) atoms. The fourth-order valence-electron chi connectivity index (χ4n) is 3.41. The third-order valence-corrected chi connectivity index (χ3v) is 4.72. The van der Waals surface area contributed by atoms with Crippen LogP contribution in [0.15, 0.2) is 36.5 Å². The number of pyridine rings is 1. The quantitative estimate of drug-likeness (QED) is 0.876. The molecule has 2 aliphatic rings. The van der Waals surface area contributed by atoms with Crippen LogP contribution in [0.1, 0.15) is 48.0 Å². The molecule has 0 radical (unpaired) electrons. The van der Waals surface area contributed by atoms with Crippen molar-refractivity contribution in [3.8, 4) is 0 Å². The van der Waals surface area contributed by atoms with E-state index in [2.05, 4.69) is 36.3 Å². The summed E-state index contributed by atoms with van der Waals surface area (Å²) in [4.78, 5) is 16.2. The summed E-state index contributed by atoms with van der Waals surface area (Å²) >= 11 is 0. The van der Waals surface area contributed by atoms with Gasteiger partial charge in [0.25, 0.3) is 5.91 Å². The highest BCUT2D eigenvalue weighted by Crippen LogP contribution is 2.36. The predicted molar refractivity (Wildman–Crippen MR) is 88.9 cm³/mol. The molecule has 0 bridgehead atoms. The number of fused-ring (bicyclic) bond motifs is 2. The monoisotopic (exact) mass is 310 g/mol. The molecule has 0 saturated carbocycles. The molecule has 0 saturated heterocycles. The lowest BCUT2D eigenvalue weighted by molar-refractivity contribution is 0.0930. The molecular weight excluding hydrogens is 291 g/mol. The van der Waals surface area contributed by atoms with Crippen LogP contribution < -0.4 is 5.32 Å². The number of amides is 1. The van der Waals surface area contributed by atoms with E-state index in [9.17, 15) is 9.18 Å². The van der Waals surface area contributed by atoms with Crippen LogP contribution in [0.5, 0.6) is 0 Å². The summed E-state index contributed by atoms with van der Waals surface area (Å²) in [6.45, 7) is 4.86. The van der Waals surface area contributed by atoms with E-state index in [1.807, 2.05) is 12.1 Å². The molecule has 3 nitrogen and oxygen atoms in total. The zero-order chi connectivity index (χ0) is 16.2. The molecule has 0 spiro atoms. The van der Waals surface area contributed by atoms with E-state index in [0.717, 1.165) is 33.5 Å². The Balaban J connectivity index is 0.00000169. The summed E-state index contributed by atoms with van der Waals surface area (Å²) in [5.41, 5.74) is 5.40. The van der Waals surface area contributed by atoms with Crippen molar-refractivity contribution in [2.45, 2.75) is 25.7 Å². The summed E-state index contributed by atoms with van der Waals surface area (Å²) in [5, 5.41) is 2.93. The number of halogens is 1. The number of nitrogens with one attached hydrogen (secondary N) is 1. The van der Waals surface area contributed by atoms with Gasteiger partial charge in [0.05, 0.1) is 11.9 Å². The van der Waals surface area contributed by atoms with Crippen LogP contribution in [-0.4, -0.2) is 17.4 Å². The van der Waals surface area contributed by atoms with Gasteiger partial charge in [-0.2, -0.15) is 0 Å². The van der Waals surface area contributed by atoms with Gasteiger partial charge in [0, 0.05) is 30.9 Å². The molecule has 0 atom stereocenters. The lowest BCUT2D eigenvalue weighted by Crippen LogP contribution is -2.43. The maximum absolute atomic E-state index is 13.6. The van der Waals surface area contributed by atoms with Gasteiger partial charge in [0.1, 0.15) is 5.82 Å². The molecule has 1 amide bonds. The van der Waals surface area contributed by atoms with Crippen LogP contribution in [0.4, 0.5) is 4.39 Å². The Morgan fingerprint density at radius 1 is 1.26 bits per heavy atom. The molecule has 2 heterocycles. The second-order valence-corrected chi connectivity index (χ2v) is 6.80. The van der Waals surface area contributed by atoms with Crippen molar-refractivity contribution in [2.24, 2.45) is 0 Å². The predicted octanol–water partition coefficient (Wildman–Crippen LogP) is 3.48. The van der Waals surface area contributed by atoms with Gasteiger partial charge in [-0.05, 0) is 34.9 Å². The first-order valence-corrected chi connectivity index (χ1v) is 7.74. The van der Waals surface area contributed by atoms with Gasteiger partial charge in [-0.15, -0.1) is 0 Å². The Kier molecular flexibility index (Phi) is 2.92. The van der Waals surface area contributed by atoms with E-state index in [0.29, 0.717) is 13.0 Å². The Bertz CT molecular complexity index is 874. The van der Waals surface area contributed by atoms with Gasteiger partial charge >= 0.3 is 0 Å². The van der Waals surface area contributed by atoms with E-state index in [4.69, 9.17) is 0 Å². The zero-order valence-electron chi connectivity index (χ0n) is 13.1. The third-order valence-electron chi connectivity index (χ3n) is 4.72. The minimum absolute atomic E-state index is 0. The fraction of sp³-hybridized carbons (Fsp3) is 0.263. The second kappa shape index (κ2) is 4.75. The van der Waals surface area contributed by atoms with Crippen LogP contribution in [0.2, 0.25) is 0 Å².